The van der Waals surface area contributed by atoms with Crippen LogP contribution in [0, 0.1) is 0 Å². The first-order valence-corrected chi connectivity index (χ1v) is 11.7. The molecule has 1 aliphatic heterocycles. The first kappa shape index (κ1) is 31.1. The number of methoxy groups -OCH3 is 1. The molecule has 1 aliphatic rings. The van der Waals surface area contributed by atoms with Crippen LogP contribution in [-0.2, 0) is 57.2 Å². The lowest BCUT2D eigenvalue weighted by Gasteiger charge is -2.39. The van der Waals surface area contributed by atoms with E-state index in [1.54, 1.807) is 0 Å². The highest BCUT2D eigenvalue weighted by molar-refractivity contribution is 8.00. The van der Waals surface area contributed by atoms with Gasteiger partial charge in [0.05, 0.1) is 19.2 Å². The minimum Gasteiger partial charge on any atom is -0.468 e. The molecule has 0 aromatic carbocycles. The number of carbonyl (C=O) groups is 6. The van der Waals surface area contributed by atoms with Crippen LogP contribution in [-0.4, -0.2) is 108 Å². The SMILES string of the molecule is COC(=O)[C@@H]1CS[C@H]([C@H](OC(C)=O)[C@H](OC(C)=O)[C@@H](OC(C)=O)[C@H](COC(C)=O)OC(C)=O)N1CO. The van der Waals surface area contributed by atoms with E-state index in [1.165, 1.54) is 4.90 Å². The topological polar surface area (TPSA) is 181 Å². The van der Waals surface area contributed by atoms with Crippen molar-refractivity contribution in [2.24, 2.45) is 0 Å². The average Bonchev–Trinajstić information content (AvgIpc) is 3.20. The maximum absolute atomic E-state index is 12.2. The molecule has 0 aliphatic carbocycles. The van der Waals surface area contributed by atoms with Gasteiger partial charge in [0.25, 0.3) is 0 Å². The Balaban J connectivity index is 3.62. The number of aliphatic hydroxyl groups is 1. The van der Waals surface area contributed by atoms with Crippen molar-refractivity contribution in [3.63, 3.8) is 0 Å². The third-order valence-electron chi connectivity index (χ3n) is 4.76. The van der Waals surface area contributed by atoms with E-state index >= 15 is 0 Å². The van der Waals surface area contributed by atoms with Crippen molar-refractivity contribution < 1.29 is 62.3 Å². The second kappa shape index (κ2) is 14.6. The zero-order valence-corrected chi connectivity index (χ0v) is 21.6. The summed E-state index contributed by atoms with van der Waals surface area (Å²) in [6.45, 7) is 4.02. The van der Waals surface area contributed by atoms with Crippen LogP contribution < -0.4 is 0 Å². The van der Waals surface area contributed by atoms with Crippen molar-refractivity contribution >= 4 is 47.6 Å². The quantitative estimate of drug-likeness (QED) is 0.240. The van der Waals surface area contributed by atoms with Crippen molar-refractivity contribution in [1.29, 1.82) is 0 Å². The summed E-state index contributed by atoms with van der Waals surface area (Å²) < 4.78 is 31.1. The summed E-state index contributed by atoms with van der Waals surface area (Å²) in [6.07, 6.45) is -6.20. The Bertz CT molecular complexity index is 835. The summed E-state index contributed by atoms with van der Waals surface area (Å²) in [7, 11) is 1.16. The van der Waals surface area contributed by atoms with Crippen molar-refractivity contribution in [2.45, 2.75) is 70.5 Å². The van der Waals surface area contributed by atoms with Gasteiger partial charge >= 0.3 is 35.8 Å². The molecule has 1 saturated heterocycles. The highest BCUT2D eigenvalue weighted by atomic mass is 32.2. The van der Waals surface area contributed by atoms with Gasteiger partial charge in [0.1, 0.15) is 12.6 Å². The predicted octanol–water partition coefficient (Wildman–Crippen LogP) is -0.857. The van der Waals surface area contributed by atoms with Gasteiger partial charge in [-0.2, -0.15) is 0 Å². The molecule has 0 unspecified atom stereocenters. The fraction of sp³-hybridized carbons (Fsp3) is 0.714. The van der Waals surface area contributed by atoms with Crippen LogP contribution in [0.25, 0.3) is 0 Å². The number of carbonyl (C=O) groups excluding carboxylic acids is 6. The molecule has 0 spiro atoms. The van der Waals surface area contributed by atoms with Gasteiger partial charge in [0, 0.05) is 40.4 Å². The third-order valence-corrected chi connectivity index (χ3v) is 6.15. The van der Waals surface area contributed by atoms with E-state index in [9.17, 15) is 33.9 Å². The molecule has 6 atom stereocenters. The summed E-state index contributed by atoms with van der Waals surface area (Å²) in [4.78, 5) is 72.8. The number of ether oxygens (including phenoxy) is 6. The molecular formula is C21H31NO13S. The number of esters is 6. The Morgan fingerprint density at radius 1 is 0.833 bits per heavy atom. The molecule has 36 heavy (non-hydrogen) atoms. The summed E-state index contributed by atoms with van der Waals surface area (Å²) in [5.41, 5.74) is 0. The average molecular weight is 538 g/mol. The van der Waals surface area contributed by atoms with Crippen molar-refractivity contribution in [3.05, 3.63) is 0 Å². The van der Waals surface area contributed by atoms with Crippen LogP contribution >= 0.6 is 11.8 Å². The van der Waals surface area contributed by atoms with E-state index in [0.29, 0.717) is 0 Å². The molecule has 1 heterocycles. The fourth-order valence-electron chi connectivity index (χ4n) is 3.51. The second-order valence-electron chi connectivity index (χ2n) is 7.59. The minimum atomic E-state index is -1.63. The summed E-state index contributed by atoms with van der Waals surface area (Å²) >= 11 is 1.08. The van der Waals surface area contributed by atoms with Crippen LogP contribution in [0.1, 0.15) is 34.6 Å². The molecule has 0 radical (unpaired) electrons. The van der Waals surface area contributed by atoms with Crippen molar-refractivity contribution in [1.82, 2.24) is 4.90 Å². The third kappa shape index (κ3) is 9.28. The summed E-state index contributed by atoms with van der Waals surface area (Å²) in [5, 5.41) is 9.00. The van der Waals surface area contributed by atoms with Crippen LogP contribution in [0.2, 0.25) is 0 Å². The maximum Gasteiger partial charge on any atom is 0.324 e. The number of thioether (sulfide) groups is 1. The van der Waals surface area contributed by atoms with E-state index in [-0.39, 0.29) is 5.75 Å². The molecule has 14 nitrogen and oxygen atoms in total. The van der Waals surface area contributed by atoms with Gasteiger partial charge in [-0.1, -0.05) is 0 Å². The Hall–Kier alpha value is -2.91. The highest BCUT2D eigenvalue weighted by Gasteiger charge is 2.52. The molecule has 0 bridgehead atoms. The van der Waals surface area contributed by atoms with Crippen LogP contribution in [0.15, 0.2) is 0 Å². The number of hydrogen-bond donors (Lipinski definition) is 1. The highest BCUT2D eigenvalue weighted by Crippen LogP contribution is 2.36. The van der Waals surface area contributed by atoms with Gasteiger partial charge in [-0.3, -0.25) is 33.7 Å². The largest absolute Gasteiger partial charge is 0.468 e. The molecule has 204 valence electrons. The fourth-order valence-corrected chi connectivity index (χ4v) is 5.02. The molecule has 0 aromatic rings. The van der Waals surface area contributed by atoms with Crippen LogP contribution in [0.5, 0.6) is 0 Å². The van der Waals surface area contributed by atoms with E-state index in [0.717, 1.165) is 53.5 Å². The van der Waals surface area contributed by atoms with Gasteiger partial charge in [-0.15, -0.1) is 11.8 Å². The van der Waals surface area contributed by atoms with Crippen molar-refractivity contribution in [3.8, 4) is 0 Å². The summed E-state index contributed by atoms with van der Waals surface area (Å²) in [6, 6.07) is -0.941. The predicted molar refractivity (Wildman–Crippen MR) is 120 cm³/mol. The van der Waals surface area contributed by atoms with Gasteiger partial charge < -0.3 is 33.5 Å². The molecule has 0 aromatic heterocycles. The Morgan fingerprint density at radius 3 is 1.81 bits per heavy atom. The van der Waals surface area contributed by atoms with E-state index in [2.05, 4.69) is 0 Å². The van der Waals surface area contributed by atoms with Crippen LogP contribution in [0.3, 0.4) is 0 Å². The van der Waals surface area contributed by atoms with Crippen LogP contribution in [0.4, 0.5) is 0 Å². The minimum absolute atomic E-state index is 0.113. The maximum atomic E-state index is 12.2. The lowest BCUT2D eigenvalue weighted by molar-refractivity contribution is -0.205. The second-order valence-corrected chi connectivity index (χ2v) is 8.74. The Morgan fingerprint density at radius 2 is 1.36 bits per heavy atom. The standard InChI is InChI=1S/C21H31NO13S/c1-10(24)31-7-16(32-11(2)25)17(33-12(3)26)18(34-13(4)27)19(35-14(5)28)20-22(9-23)15(8-36-20)21(29)30-6/h15-20,23H,7-9H2,1-6H3/t15-,16-,17-,18+,19+,20+/m0/s1. The monoisotopic (exact) mass is 537 g/mol. The molecule has 0 amide bonds. The first-order valence-electron chi connectivity index (χ1n) is 10.7. The van der Waals surface area contributed by atoms with Crippen molar-refractivity contribution in [2.75, 3.05) is 26.2 Å². The number of hydrogen-bond acceptors (Lipinski definition) is 15. The Labute approximate surface area is 211 Å². The molecule has 1 N–H and O–H groups in total. The van der Waals surface area contributed by atoms with E-state index in [4.69, 9.17) is 28.4 Å². The molecule has 15 heteroatoms. The van der Waals surface area contributed by atoms with Gasteiger partial charge in [0.15, 0.2) is 24.4 Å². The number of aliphatic hydroxyl groups excluding tert-OH is 1. The summed E-state index contributed by atoms with van der Waals surface area (Å²) in [5.74, 6) is -4.74. The smallest absolute Gasteiger partial charge is 0.324 e. The van der Waals surface area contributed by atoms with Gasteiger partial charge in [-0.25, -0.2) is 0 Å². The lowest BCUT2D eigenvalue weighted by atomic mass is 10.0. The molecule has 0 saturated carbocycles. The zero-order chi connectivity index (χ0) is 27.6. The number of nitrogens with zero attached hydrogens (tertiary/aromatic N) is 1. The zero-order valence-electron chi connectivity index (χ0n) is 20.8. The first-order chi connectivity index (χ1) is 16.8. The number of rotatable bonds is 12. The van der Waals surface area contributed by atoms with E-state index < -0.39 is 85.0 Å². The molecule has 1 fully saturated rings. The molecular weight excluding hydrogens is 506 g/mol. The Kier molecular flexibility index (Phi) is 12.6. The molecule has 1 rings (SSSR count). The van der Waals surface area contributed by atoms with E-state index in [1.807, 2.05) is 0 Å². The van der Waals surface area contributed by atoms with Gasteiger partial charge in [-0.05, 0) is 0 Å². The lowest BCUT2D eigenvalue weighted by Crippen LogP contribution is -2.58. The normalized spacial score (nSPS) is 20.8. The van der Waals surface area contributed by atoms with Gasteiger partial charge in [0.2, 0.25) is 0 Å².